The van der Waals surface area contributed by atoms with Crippen LogP contribution >= 0.6 is 11.3 Å². The summed E-state index contributed by atoms with van der Waals surface area (Å²) < 4.78 is 0. The summed E-state index contributed by atoms with van der Waals surface area (Å²) in [7, 11) is 0. The number of aromatic nitrogens is 1. The van der Waals surface area contributed by atoms with Crippen LogP contribution in [0.15, 0.2) is 35.8 Å². The van der Waals surface area contributed by atoms with Crippen molar-refractivity contribution in [2.75, 3.05) is 19.6 Å². The highest BCUT2D eigenvalue weighted by Gasteiger charge is 2.14. The number of hydrogen-bond donors (Lipinski definition) is 2. The second-order valence-electron chi connectivity index (χ2n) is 6.08. The summed E-state index contributed by atoms with van der Waals surface area (Å²) >= 11 is 1.63. The average molecular weight is 329 g/mol. The second kappa shape index (κ2) is 8.22. The molecule has 1 saturated heterocycles. The summed E-state index contributed by atoms with van der Waals surface area (Å²) in [5, 5.41) is 9.39. The maximum absolute atomic E-state index is 12.0. The van der Waals surface area contributed by atoms with Gasteiger partial charge in [-0.2, -0.15) is 0 Å². The van der Waals surface area contributed by atoms with Crippen LogP contribution in [0.25, 0.3) is 0 Å². The minimum absolute atomic E-state index is 0.0781. The van der Waals surface area contributed by atoms with Gasteiger partial charge in [0.2, 0.25) is 5.91 Å². The molecule has 2 heterocycles. The number of amides is 1. The number of carbonyl (C=O) groups is 1. The Balaban J connectivity index is 1.41. The van der Waals surface area contributed by atoms with E-state index < -0.39 is 0 Å². The second-order valence-corrected chi connectivity index (χ2v) is 7.06. The molecule has 0 aliphatic carbocycles. The molecule has 1 aromatic carbocycles. The third-order valence-corrected chi connectivity index (χ3v) is 5.06. The number of benzene rings is 1. The van der Waals surface area contributed by atoms with Gasteiger partial charge in [0.15, 0.2) is 0 Å². The van der Waals surface area contributed by atoms with Crippen molar-refractivity contribution in [3.8, 4) is 0 Å². The number of nitrogens with zero attached hydrogens (tertiary/aromatic N) is 1. The fourth-order valence-electron chi connectivity index (χ4n) is 2.95. The monoisotopic (exact) mass is 329 g/mol. The average Bonchev–Trinajstić information content (AvgIpc) is 3.23. The SMILES string of the molecule is O=C(Cc1ccc(CC2CCNC2)cc1)NCCc1nccs1. The Morgan fingerprint density at radius 2 is 2.13 bits per heavy atom. The van der Waals surface area contributed by atoms with Crippen LogP contribution < -0.4 is 10.6 Å². The lowest BCUT2D eigenvalue weighted by Gasteiger charge is -2.09. The third-order valence-electron chi connectivity index (χ3n) is 4.22. The quantitative estimate of drug-likeness (QED) is 0.819. The summed E-state index contributed by atoms with van der Waals surface area (Å²) in [4.78, 5) is 16.2. The van der Waals surface area contributed by atoms with Crippen molar-refractivity contribution < 1.29 is 4.79 Å². The fraction of sp³-hybridized carbons (Fsp3) is 0.444. The molecule has 0 saturated carbocycles. The van der Waals surface area contributed by atoms with Crippen LogP contribution in [0, 0.1) is 5.92 Å². The lowest BCUT2D eigenvalue weighted by atomic mass is 9.97. The Labute approximate surface area is 141 Å². The van der Waals surface area contributed by atoms with Gasteiger partial charge < -0.3 is 10.6 Å². The van der Waals surface area contributed by atoms with Gasteiger partial charge in [0.05, 0.1) is 11.4 Å². The van der Waals surface area contributed by atoms with Crippen LogP contribution in [0.5, 0.6) is 0 Å². The van der Waals surface area contributed by atoms with E-state index in [1.165, 1.54) is 12.0 Å². The van der Waals surface area contributed by atoms with Crippen LogP contribution in [0.2, 0.25) is 0 Å². The van der Waals surface area contributed by atoms with Gasteiger partial charge in [-0.15, -0.1) is 11.3 Å². The highest BCUT2D eigenvalue weighted by Crippen LogP contribution is 2.16. The highest BCUT2D eigenvalue weighted by atomic mass is 32.1. The first-order chi connectivity index (χ1) is 11.3. The zero-order valence-corrected chi connectivity index (χ0v) is 14.1. The Hall–Kier alpha value is -1.72. The van der Waals surface area contributed by atoms with Crippen LogP contribution in [-0.4, -0.2) is 30.5 Å². The van der Waals surface area contributed by atoms with Gasteiger partial charge in [0.25, 0.3) is 0 Å². The van der Waals surface area contributed by atoms with Crippen molar-refractivity contribution in [2.24, 2.45) is 5.92 Å². The van der Waals surface area contributed by atoms with E-state index in [4.69, 9.17) is 0 Å². The first kappa shape index (κ1) is 16.1. The molecule has 122 valence electrons. The van der Waals surface area contributed by atoms with Crippen LogP contribution in [0.1, 0.15) is 22.6 Å². The third kappa shape index (κ3) is 5.15. The lowest BCUT2D eigenvalue weighted by molar-refractivity contribution is -0.120. The van der Waals surface area contributed by atoms with Gasteiger partial charge in [-0.1, -0.05) is 24.3 Å². The van der Waals surface area contributed by atoms with Crippen molar-refractivity contribution in [1.29, 1.82) is 0 Å². The van der Waals surface area contributed by atoms with Crippen LogP contribution in [0.3, 0.4) is 0 Å². The molecule has 1 amide bonds. The van der Waals surface area contributed by atoms with E-state index in [-0.39, 0.29) is 5.91 Å². The highest BCUT2D eigenvalue weighted by molar-refractivity contribution is 7.09. The summed E-state index contributed by atoms with van der Waals surface area (Å²) in [5.41, 5.74) is 2.44. The van der Waals surface area contributed by atoms with Crippen molar-refractivity contribution in [3.05, 3.63) is 52.0 Å². The molecule has 1 aliphatic heterocycles. The molecule has 3 rings (SSSR count). The molecule has 1 aliphatic rings. The van der Waals surface area contributed by atoms with E-state index in [0.717, 1.165) is 42.4 Å². The lowest BCUT2D eigenvalue weighted by Crippen LogP contribution is -2.27. The Kier molecular flexibility index (Phi) is 5.77. The summed E-state index contributed by atoms with van der Waals surface area (Å²) in [6.07, 6.45) is 5.45. The van der Waals surface area contributed by atoms with Gasteiger partial charge in [-0.3, -0.25) is 4.79 Å². The van der Waals surface area contributed by atoms with Crippen LogP contribution in [0.4, 0.5) is 0 Å². The smallest absolute Gasteiger partial charge is 0.224 e. The molecule has 0 radical (unpaired) electrons. The molecule has 5 heteroatoms. The largest absolute Gasteiger partial charge is 0.355 e. The number of nitrogens with one attached hydrogen (secondary N) is 2. The standard InChI is InChI=1S/C18H23N3OS/c22-17(20-8-6-18-21-9-10-23-18)12-15-3-1-14(2-4-15)11-16-5-7-19-13-16/h1-4,9-10,16,19H,5-8,11-13H2,(H,20,22). The molecule has 1 aromatic heterocycles. The van der Waals surface area contributed by atoms with Crippen LogP contribution in [-0.2, 0) is 24.1 Å². The minimum atomic E-state index is 0.0781. The summed E-state index contributed by atoms with van der Waals surface area (Å²) in [5.74, 6) is 0.837. The van der Waals surface area contributed by atoms with Gasteiger partial charge in [-0.05, 0) is 43.0 Å². The maximum atomic E-state index is 12.0. The first-order valence-electron chi connectivity index (χ1n) is 8.23. The van der Waals surface area contributed by atoms with E-state index in [2.05, 4.69) is 39.9 Å². The molecule has 0 spiro atoms. The Morgan fingerprint density at radius 3 is 2.83 bits per heavy atom. The summed E-state index contributed by atoms with van der Waals surface area (Å²) in [6.45, 7) is 2.92. The Bertz CT molecular complexity index is 604. The van der Waals surface area contributed by atoms with Crippen molar-refractivity contribution >= 4 is 17.2 Å². The number of rotatable bonds is 7. The van der Waals surface area contributed by atoms with Crippen molar-refractivity contribution in [2.45, 2.75) is 25.7 Å². The minimum Gasteiger partial charge on any atom is -0.355 e. The topological polar surface area (TPSA) is 54.0 Å². The van der Waals surface area contributed by atoms with Gasteiger partial charge in [0.1, 0.15) is 0 Å². The fourth-order valence-corrected chi connectivity index (χ4v) is 3.57. The maximum Gasteiger partial charge on any atom is 0.224 e. The normalized spacial score (nSPS) is 17.3. The Morgan fingerprint density at radius 1 is 1.30 bits per heavy atom. The van der Waals surface area contributed by atoms with E-state index in [9.17, 15) is 4.79 Å². The first-order valence-corrected chi connectivity index (χ1v) is 9.11. The predicted molar refractivity (Wildman–Crippen MR) is 93.7 cm³/mol. The van der Waals surface area contributed by atoms with Gasteiger partial charge >= 0.3 is 0 Å². The van der Waals surface area contributed by atoms with E-state index >= 15 is 0 Å². The van der Waals surface area contributed by atoms with E-state index in [1.54, 1.807) is 17.5 Å². The van der Waals surface area contributed by atoms with E-state index in [1.807, 2.05) is 5.38 Å². The molecular weight excluding hydrogens is 306 g/mol. The zero-order valence-electron chi connectivity index (χ0n) is 13.3. The molecule has 1 atom stereocenters. The molecular formula is C18H23N3OS. The van der Waals surface area contributed by atoms with Crippen molar-refractivity contribution in [1.82, 2.24) is 15.6 Å². The number of hydrogen-bond acceptors (Lipinski definition) is 4. The molecule has 0 bridgehead atoms. The zero-order chi connectivity index (χ0) is 15.9. The molecule has 4 nitrogen and oxygen atoms in total. The number of thiazole rings is 1. The molecule has 2 aromatic rings. The molecule has 2 N–H and O–H groups in total. The van der Waals surface area contributed by atoms with Gasteiger partial charge in [0, 0.05) is 24.5 Å². The summed E-state index contributed by atoms with van der Waals surface area (Å²) in [6, 6.07) is 8.49. The molecule has 1 fully saturated rings. The molecule has 1 unspecified atom stereocenters. The predicted octanol–water partition coefficient (Wildman–Crippen LogP) is 2.20. The number of carbonyl (C=O) groups excluding carboxylic acids is 1. The molecule has 23 heavy (non-hydrogen) atoms. The van der Waals surface area contributed by atoms with E-state index in [0.29, 0.717) is 13.0 Å². The van der Waals surface area contributed by atoms with Crippen molar-refractivity contribution in [3.63, 3.8) is 0 Å². The van der Waals surface area contributed by atoms with Gasteiger partial charge in [-0.25, -0.2) is 4.98 Å².